The first kappa shape index (κ1) is 22.1. The Morgan fingerprint density at radius 2 is 0.870 bits per heavy atom. The second-order valence-electron chi connectivity index (χ2n) is 4.73. The van der Waals surface area contributed by atoms with E-state index in [4.69, 9.17) is 0 Å². The van der Waals surface area contributed by atoms with E-state index in [9.17, 15) is 57.1 Å². The Balaban J connectivity index is 6.25. The standard InChI is InChI=1S/C10H9F13/c1-3-4(2)5(11,12)6(13,14)7(15,16)8(17,18)9(19,20)10(21,22)23/h4H,3H2,1-2H3. The summed E-state index contributed by atoms with van der Waals surface area (Å²) in [6.07, 6.45) is -8.35. The third-order valence-corrected chi connectivity index (χ3v) is 3.19. The number of hydrogen-bond donors (Lipinski definition) is 0. The third-order valence-electron chi connectivity index (χ3n) is 3.19. The Morgan fingerprint density at radius 1 is 0.565 bits per heavy atom. The number of halogens is 13. The van der Waals surface area contributed by atoms with E-state index < -0.39 is 48.1 Å². The summed E-state index contributed by atoms with van der Waals surface area (Å²) in [5.74, 6) is -39.0. The molecule has 0 heterocycles. The third kappa shape index (κ3) is 2.83. The van der Waals surface area contributed by atoms with Crippen LogP contribution in [0.5, 0.6) is 0 Å². The lowest BCUT2D eigenvalue weighted by molar-refractivity contribution is -0.442. The van der Waals surface area contributed by atoms with E-state index in [1.807, 2.05) is 0 Å². The lowest BCUT2D eigenvalue weighted by Gasteiger charge is -2.41. The lowest BCUT2D eigenvalue weighted by atomic mass is 9.87. The molecule has 0 nitrogen and oxygen atoms in total. The average molecular weight is 376 g/mol. The Labute approximate surface area is 120 Å². The Kier molecular flexibility index (Phi) is 5.35. The largest absolute Gasteiger partial charge is 0.460 e. The number of alkyl halides is 13. The topological polar surface area (TPSA) is 0 Å². The average Bonchev–Trinajstić information content (AvgIpc) is 2.35. The van der Waals surface area contributed by atoms with Gasteiger partial charge in [-0.3, -0.25) is 0 Å². The molecular weight excluding hydrogens is 367 g/mol. The molecule has 0 spiro atoms. The van der Waals surface area contributed by atoms with Crippen LogP contribution in [0, 0.1) is 5.92 Å². The van der Waals surface area contributed by atoms with Crippen LogP contribution in [0.25, 0.3) is 0 Å². The fraction of sp³-hybridized carbons (Fsp3) is 1.00. The molecule has 0 aliphatic heterocycles. The van der Waals surface area contributed by atoms with Crippen molar-refractivity contribution in [3.63, 3.8) is 0 Å². The van der Waals surface area contributed by atoms with Crippen molar-refractivity contribution >= 4 is 0 Å². The van der Waals surface area contributed by atoms with Crippen LogP contribution in [0.2, 0.25) is 0 Å². The van der Waals surface area contributed by atoms with Crippen molar-refractivity contribution in [1.29, 1.82) is 0 Å². The van der Waals surface area contributed by atoms with Crippen molar-refractivity contribution in [1.82, 2.24) is 0 Å². The predicted octanol–water partition coefficient (Wildman–Crippen LogP) is 5.77. The molecule has 13 heteroatoms. The van der Waals surface area contributed by atoms with Crippen molar-refractivity contribution in [2.75, 3.05) is 0 Å². The van der Waals surface area contributed by atoms with Crippen LogP contribution in [0.1, 0.15) is 20.3 Å². The van der Waals surface area contributed by atoms with Crippen LogP contribution < -0.4 is 0 Å². The highest BCUT2D eigenvalue weighted by Crippen LogP contribution is 2.61. The maximum absolute atomic E-state index is 13.2. The van der Waals surface area contributed by atoms with E-state index >= 15 is 0 Å². The predicted molar refractivity (Wildman–Crippen MR) is 50.2 cm³/mol. The van der Waals surface area contributed by atoms with Gasteiger partial charge in [-0.05, 0) is 6.42 Å². The second-order valence-corrected chi connectivity index (χ2v) is 4.73. The number of hydrogen-bond acceptors (Lipinski definition) is 0. The van der Waals surface area contributed by atoms with Crippen LogP contribution in [0.4, 0.5) is 57.1 Å². The maximum atomic E-state index is 13.2. The van der Waals surface area contributed by atoms with Crippen molar-refractivity contribution in [3.05, 3.63) is 0 Å². The maximum Gasteiger partial charge on any atom is 0.460 e. The summed E-state index contributed by atoms with van der Waals surface area (Å²) in [7, 11) is 0. The number of rotatable bonds is 6. The van der Waals surface area contributed by atoms with Crippen molar-refractivity contribution in [3.8, 4) is 0 Å². The highest BCUT2D eigenvalue weighted by atomic mass is 19.4. The van der Waals surface area contributed by atoms with Gasteiger partial charge in [-0.25, -0.2) is 0 Å². The van der Waals surface area contributed by atoms with Gasteiger partial charge in [0.1, 0.15) is 0 Å². The van der Waals surface area contributed by atoms with Gasteiger partial charge >= 0.3 is 35.8 Å². The Morgan fingerprint density at radius 3 is 1.13 bits per heavy atom. The van der Waals surface area contributed by atoms with Gasteiger partial charge in [0, 0.05) is 5.92 Å². The van der Waals surface area contributed by atoms with Crippen LogP contribution in [-0.2, 0) is 0 Å². The zero-order valence-corrected chi connectivity index (χ0v) is 11.2. The summed E-state index contributed by atoms with van der Waals surface area (Å²) in [5, 5.41) is 0. The van der Waals surface area contributed by atoms with Crippen LogP contribution in [-0.4, -0.2) is 35.8 Å². The van der Waals surface area contributed by atoms with Crippen LogP contribution in [0.3, 0.4) is 0 Å². The monoisotopic (exact) mass is 376 g/mol. The van der Waals surface area contributed by atoms with Gasteiger partial charge in [-0.2, -0.15) is 57.1 Å². The molecule has 0 saturated carbocycles. The van der Waals surface area contributed by atoms with Gasteiger partial charge in [0.15, 0.2) is 0 Å². The van der Waals surface area contributed by atoms with Gasteiger partial charge in [0.25, 0.3) is 0 Å². The fourth-order valence-electron chi connectivity index (χ4n) is 1.35. The quantitative estimate of drug-likeness (QED) is 0.517. The molecule has 0 amide bonds. The molecule has 0 saturated heterocycles. The summed E-state index contributed by atoms with van der Waals surface area (Å²) >= 11 is 0. The molecule has 0 aromatic rings. The summed E-state index contributed by atoms with van der Waals surface area (Å²) in [6, 6.07) is 0. The van der Waals surface area contributed by atoms with E-state index in [0.717, 1.165) is 6.92 Å². The van der Waals surface area contributed by atoms with Gasteiger partial charge < -0.3 is 0 Å². The fourth-order valence-corrected chi connectivity index (χ4v) is 1.35. The highest BCUT2D eigenvalue weighted by molar-refractivity contribution is 5.10. The highest BCUT2D eigenvalue weighted by Gasteiger charge is 2.90. The minimum absolute atomic E-state index is 0.212. The Bertz CT molecular complexity index is 419. The SMILES string of the molecule is CCC(C)C(F)(F)C(F)(F)C(F)(F)C(F)(F)C(F)(F)C(F)(F)F. The molecule has 1 atom stereocenters. The molecular formula is C10H9F13. The first-order valence-electron chi connectivity index (χ1n) is 5.69. The minimum atomic E-state index is -7.82. The smallest absolute Gasteiger partial charge is 0.199 e. The van der Waals surface area contributed by atoms with Crippen molar-refractivity contribution in [2.45, 2.75) is 56.1 Å². The van der Waals surface area contributed by atoms with Crippen molar-refractivity contribution in [2.24, 2.45) is 5.92 Å². The van der Waals surface area contributed by atoms with Crippen LogP contribution >= 0.6 is 0 Å². The minimum Gasteiger partial charge on any atom is -0.199 e. The molecule has 0 bridgehead atoms. The molecule has 23 heavy (non-hydrogen) atoms. The summed E-state index contributed by atoms with van der Waals surface area (Å²) in [4.78, 5) is 0. The normalized spacial score (nSPS) is 17.3. The van der Waals surface area contributed by atoms with E-state index in [0.29, 0.717) is 0 Å². The van der Waals surface area contributed by atoms with Crippen molar-refractivity contribution < 1.29 is 57.1 Å². The molecule has 1 unspecified atom stereocenters. The Hall–Kier alpha value is -0.910. The molecule has 0 aliphatic carbocycles. The van der Waals surface area contributed by atoms with Gasteiger partial charge in [-0.1, -0.05) is 13.8 Å². The first-order chi connectivity index (χ1) is 9.73. The van der Waals surface area contributed by atoms with Gasteiger partial charge in [-0.15, -0.1) is 0 Å². The summed E-state index contributed by atoms with van der Waals surface area (Å²) in [5.41, 5.74) is 0. The lowest BCUT2D eigenvalue weighted by Crippen LogP contribution is -2.70. The van der Waals surface area contributed by atoms with Crippen LogP contribution in [0.15, 0.2) is 0 Å². The van der Waals surface area contributed by atoms with E-state index in [1.165, 1.54) is 0 Å². The van der Waals surface area contributed by atoms with E-state index in [-0.39, 0.29) is 6.92 Å². The molecule has 140 valence electrons. The molecule has 0 rings (SSSR count). The molecule has 0 aromatic heterocycles. The molecule has 0 fully saturated rings. The van der Waals surface area contributed by atoms with Gasteiger partial charge in [0.2, 0.25) is 0 Å². The molecule has 0 radical (unpaired) electrons. The molecule has 0 aromatic carbocycles. The second kappa shape index (κ2) is 5.57. The zero-order valence-electron chi connectivity index (χ0n) is 11.2. The molecule has 0 N–H and O–H groups in total. The molecule has 0 aliphatic rings. The zero-order chi connectivity index (χ0) is 19.3. The van der Waals surface area contributed by atoms with Gasteiger partial charge in [0.05, 0.1) is 0 Å². The summed E-state index contributed by atoms with van der Waals surface area (Å²) in [6.45, 7) is 0.972. The summed E-state index contributed by atoms with van der Waals surface area (Å²) < 4.78 is 165. The van der Waals surface area contributed by atoms with E-state index in [2.05, 4.69) is 0 Å². The van der Waals surface area contributed by atoms with E-state index in [1.54, 1.807) is 0 Å². The first-order valence-corrected chi connectivity index (χ1v) is 5.69.